The maximum absolute atomic E-state index is 13.3. The molecule has 212 valence electrons. The highest BCUT2D eigenvalue weighted by atomic mass is 127. The number of hydrogen-bond donors (Lipinski definition) is 2. The monoisotopic (exact) mass is 669 g/mol. The van der Waals surface area contributed by atoms with Gasteiger partial charge in [0, 0.05) is 5.69 Å². The normalized spacial score (nSPS) is 14.1. The first-order valence-electron chi connectivity index (χ1n) is 12.6. The van der Waals surface area contributed by atoms with Crippen LogP contribution in [0.4, 0.5) is 16.2 Å². The molecular formula is C30H28IN3O7. The number of urea groups is 1. The fraction of sp³-hybridized carbons (Fsp3) is 0.200. The van der Waals surface area contributed by atoms with Gasteiger partial charge in [-0.2, -0.15) is 0 Å². The Hall–Kier alpha value is -4.39. The fourth-order valence-electron chi connectivity index (χ4n) is 4.03. The molecule has 1 heterocycles. The Bertz CT molecular complexity index is 1550. The second-order valence-corrected chi connectivity index (χ2v) is 10.2. The average molecular weight is 669 g/mol. The first kappa shape index (κ1) is 29.6. The molecule has 4 rings (SSSR count). The molecule has 10 nitrogen and oxygen atoms in total. The molecule has 0 spiro atoms. The molecule has 2 N–H and O–H groups in total. The molecule has 3 aromatic rings. The van der Waals surface area contributed by atoms with Gasteiger partial charge in [0.05, 0.1) is 23.0 Å². The van der Waals surface area contributed by atoms with Crippen LogP contribution in [-0.2, 0) is 14.4 Å². The van der Waals surface area contributed by atoms with Crippen molar-refractivity contribution in [2.45, 2.75) is 20.8 Å². The van der Waals surface area contributed by atoms with Crippen molar-refractivity contribution in [3.8, 4) is 17.2 Å². The maximum atomic E-state index is 13.3. The molecule has 3 aromatic carbocycles. The summed E-state index contributed by atoms with van der Waals surface area (Å²) < 4.78 is 17.2. The molecule has 1 saturated heterocycles. The highest BCUT2D eigenvalue weighted by Crippen LogP contribution is 2.35. The number of carbonyl (C=O) groups excluding carboxylic acids is 4. The van der Waals surface area contributed by atoms with Crippen molar-refractivity contribution in [2.75, 3.05) is 30.5 Å². The Morgan fingerprint density at radius 1 is 1.00 bits per heavy atom. The van der Waals surface area contributed by atoms with E-state index < -0.39 is 17.8 Å². The van der Waals surface area contributed by atoms with E-state index in [1.165, 1.54) is 13.2 Å². The highest BCUT2D eigenvalue weighted by molar-refractivity contribution is 14.1. The van der Waals surface area contributed by atoms with Crippen LogP contribution in [0.15, 0.2) is 60.2 Å². The number of nitrogens with zero attached hydrogens (tertiary/aromatic N) is 1. The van der Waals surface area contributed by atoms with Crippen LogP contribution in [-0.4, -0.2) is 44.1 Å². The molecule has 1 aliphatic rings. The zero-order chi connectivity index (χ0) is 29.7. The lowest BCUT2D eigenvalue weighted by molar-refractivity contribution is -0.122. The summed E-state index contributed by atoms with van der Waals surface area (Å²) in [6.45, 7) is 6.00. The molecule has 0 aromatic heterocycles. The van der Waals surface area contributed by atoms with Crippen molar-refractivity contribution in [1.29, 1.82) is 0 Å². The van der Waals surface area contributed by atoms with Gasteiger partial charge in [0.25, 0.3) is 17.7 Å². The maximum Gasteiger partial charge on any atom is 0.335 e. The van der Waals surface area contributed by atoms with E-state index in [4.69, 9.17) is 14.2 Å². The number of ether oxygens (including phenoxy) is 3. The SMILES string of the molecule is CCOc1ccc(N2C(=O)NC(=O)/C(=C\c3cc(I)c(OCC(=O)Nc4ccc(C)c(C)c4)c(OC)c3)C2=O)cc1. The minimum absolute atomic E-state index is 0.238. The van der Waals surface area contributed by atoms with Gasteiger partial charge < -0.3 is 19.5 Å². The van der Waals surface area contributed by atoms with Crippen molar-refractivity contribution in [1.82, 2.24) is 5.32 Å². The number of rotatable bonds is 9. The van der Waals surface area contributed by atoms with Crippen LogP contribution in [0.3, 0.4) is 0 Å². The summed E-state index contributed by atoms with van der Waals surface area (Å²) in [5.41, 5.74) is 3.34. The molecule has 1 aliphatic heterocycles. The van der Waals surface area contributed by atoms with Gasteiger partial charge in [-0.3, -0.25) is 19.7 Å². The molecule has 0 unspecified atom stereocenters. The molecule has 0 bridgehead atoms. The number of anilines is 2. The van der Waals surface area contributed by atoms with Gasteiger partial charge in [-0.15, -0.1) is 0 Å². The Morgan fingerprint density at radius 3 is 2.39 bits per heavy atom. The second kappa shape index (κ2) is 12.9. The highest BCUT2D eigenvalue weighted by Gasteiger charge is 2.37. The average Bonchev–Trinajstić information content (AvgIpc) is 2.93. The van der Waals surface area contributed by atoms with Crippen LogP contribution in [0.25, 0.3) is 6.08 Å². The van der Waals surface area contributed by atoms with Gasteiger partial charge in [0.2, 0.25) is 0 Å². The summed E-state index contributed by atoms with van der Waals surface area (Å²) in [4.78, 5) is 51.9. The number of benzene rings is 3. The zero-order valence-electron chi connectivity index (χ0n) is 22.9. The lowest BCUT2D eigenvalue weighted by atomic mass is 10.1. The Kier molecular flexibility index (Phi) is 9.28. The summed E-state index contributed by atoms with van der Waals surface area (Å²) in [5.74, 6) is -0.734. The van der Waals surface area contributed by atoms with Crippen molar-refractivity contribution < 1.29 is 33.4 Å². The third-order valence-electron chi connectivity index (χ3n) is 6.21. The minimum atomic E-state index is -0.851. The third-order valence-corrected chi connectivity index (χ3v) is 7.01. The number of hydrogen-bond acceptors (Lipinski definition) is 7. The van der Waals surface area contributed by atoms with Gasteiger partial charge >= 0.3 is 6.03 Å². The van der Waals surface area contributed by atoms with E-state index in [1.54, 1.807) is 36.4 Å². The van der Waals surface area contributed by atoms with Crippen LogP contribution in [0.1, 0.15) is 23.6 Å². The Labute approximate surface area is 250 Å². The standard InChI is InChI=1S/C30H28IN3O7/c1-5-40-22-10-8-21(9-11-22)34-29(37)23(28(36)33-30(34)38)13-19-14-24(31)27(25(15-19)39-4)41-16-26(35)32-20-7-6-17(2)18(3)12-20/h6-15H,5,16H2,1-4H3,(H,32,35)(H,33,36,38)/b23-13+. The molecule has 11 heteroatoms. The summed E-state index contributed by atoms with van der Waals surface area (Å²) >= 11 is 2.02. The number of carbonyl (C=O) groups is 4. The van der Waals surface area contributed by atoms with Crippen LogP contribution >= 0.6 is 22.6 Å². The van der Waals surface area contributed by atoms with E-state index in [9.17, 15) is 19.2 Å². The van der Waals surface area contributed by atoms with Gasteiger partial charge in [-0.05, 0) is 115 Å². The quantitative estimate of drug-likeness (QED) is 0.187. The van der Waals surface area contributed by atoms with E-state index >= 15 is 0 Å². The van der Waals surface area contributed by atoms with Gasteiger partial charge in [-0.1, -0.05) is 6.07 Å². The van der Waals surface area contributed by atoms with E-state index in [2.05, 4.69) is 10.6 Å². The molecule has 41 heavy (non-hydrogen) atoms. The number of amides is 5. The molecule has 0 saturated carbocycles. The number of imide groups is 2. The van der Waals surface area contributed by atoms with Crippen LogP contribution < -0.4 is 29.7 Å². The molecule has 1 fully saturated rings. The topological polar surface area (TPSA) is 123 Å². The first-order chi connectivity index (χ1) is 19.6. The Morgan fingerprint density at radius 2 is 1.73 bits per heavy atom. The predicted molar refractivity (Wildman–Crippen MR) is 162 cm³/mol. The van der Waals surface area contributed by atoms with Gasteiger partial charge in [0.1, 0.15) is 11.3 Å². The van der Waals surface area contributed by atoms with Crippen molar-refractivity contribution in [2.24, 2.45) is 0 Å². The van der Waals surface area contributed by atoms with Crippen molar-refractivity contribution in [3.63, 3.8) is 0 Å². The van der Waals surface area contributed by atoms with Gasteiger partial charge in [0.15, 0.2) is 18.1 Å². The fourth-order valence-corrected chi connectivity index (χ4v) is 4.81. The zero-order valence-corrected chi connectivity index (χ0v) is 25.0. The number of halogens is 1. The second-order valence-electron chi connectivity index (χ2n) is 9.05. The molecular weight excluding hydrogens is 641 g/mol. The van der Waals surface area contributed by atoms with Crippen LogP contribution in [0.5, 0.6) is 17.2 Å². The molecule has 5 amide bonds. The van der Waals surface area contributed by atoms with E-state index in [0.29, 0.717) is 38.7 Å². The molecule has 0 radical (unpaired) electrons. The summed E-state index contributed by atoms with van der Waals surface area (Å²) in [6.07, 6.45) is 1.37. The number of barbiturate groups is 1. The van der Waals surface area contributed by atoms with E-state index in [1.807, 2.05) is 61.6 Å². The summed E-state index contributed by atoms with van der Waals surface area (Å²) in [6, 6.07) is 14.4. The first-order valence-corrected chi connectivity index (χ1v) is 13.7. The van der Waals surface area contributed by atoms with E-state index in [0.717, 1.165) is 16.0 Å². The summed E-state index contributed by atoms with van der Waals surface area (Å²) in [7, 11) is 1.44. The molecule has 0 aliphatic carbocycles. The lowest BCUT2D eigenvalue weighted by Gasteiger charge is -2.26. The van der Waals surface area contributed by atoms with Crippen molar-refractivity contribution >= 4 is 63.8 Å². The predicted octanol–water partition coefficient (Wildman–Crippen LogP) is 5.00. The number of methoxy groups -OCH3 is 1. The van der Waals surface area contributed by atoms with E-state index in [-0.39, 0.29) is 23.8 Å². The number of nitrogens with one attached hydrogen (secondary N) is 2. The van der Waals surface area contributed by atoms with Gasteiger partial charge in [-0.25, -0.2) is 9.69 Å². The smallest absolute Gasteiger partial charge is 0.335 e. The molecule has 0 atom stereocenters. The lowest BCUT2D eigenvalue weighted by Crippen LogP contribution is -2.54. The van der Waals surface area contributed by atoms with Crippen LogP contribution in [0, 0.1) is 17.4 Å². The van der Waals surface area contributed by atoms with Crippen LogP contribution in [0.2, 0.25) is 0 Å². The van der Waals surface area contributed by atoms with Crippen molar-refractivity contribution in [3.05, 3.63) is 80.4 Å². The number of aryl methyl sites for hydroxylation is 2. The largest absolute Gasteiger partial charge is 0.494 e. The Balaban J connectivity index is 1.53. The third kappa shape index (κ3) is 6.85. The summed E-state index contributed by atoms with van der Waals surface area (Å²) in [5, 5.41) is 5.01. The minimum Gasteiger partial charge on any atom is -0.494 e.